The van der Waals surface area contributed by atoms with Crippen molar-refractivity contribution in [2.75, 3.05) is 0 Å². The van der Waals surface area contributed by atoms with Crippen LogP contribution < -0.4 is 0 Å². The molecule has 34 heavy (non-hydrogen) atoms. The number of fused-ring (bicyclic) bond motifs is 3. The quantitative estimate of drug-likeness (QED) is 0.235. The third-order valence-electron chi connectivity index (χ3n) is 6.85. The van der Waals surface area contributed by atoms with E-state index in [0.717, 1.165) is 49.0 Å². The molecule has 5 aromatic carbocycles. The minimum Gasteiger partial charge on any atom is -0.166 e. The molecule has 0 aliphatic heterocycles. The van der Waals surface area contributed by atoms with E-state index in [0.29, 0.717) is 0 Å². The normalized spacial score (nSPS) is 16.3. The molecule has 0 heterocycles. The average molecular weight is 451 g/mol. The molecule has 0 N–H and O–H groups in total. The SMILES string of the molecule is FC(F)(F)C1=CC=CC(c2c3ccccc3c(-c3cccc4ccccc34)c3ccccc23)C1. The first-order chi connectivity index (χ1) is 16.5. The van der Waals surface area contributed by atoms with Gasteiger partial charge in [-0.2, -0.15) is 13.2 Å². The third kappa shape index (κ3) is 3.31. The molecule has 0 fully saturated rings. The van der Waals surface area contributed by atoms with E-state index in [2.05, 4.69) is 42.5 Å². The Labute approximate surface area is 195 Å². The van der Waals surface area contributed by atoms with Crippen LogP contribution in [0.25, 0.3) is 43.4 Å². The highest BCUT2D eigenvalue weighted by Crippen LogP contribution is 2.46. The molecule has 3 heteroatoms. The van der Waals surface area contributed by atoms with Gasteiger partial charge in [-0.05, 0) is 55.4 Å². The van der Waals surface area contributed by atoms with E-state index in [1.165, 1.54) is 6.08 Å². The van der Waals surface area contributed by atoms with Crippen molar-refractivity contribution in [3.63, 3.8) is 0 Å². The Morgan fingerprint density at radius 3 is 1.82 bits per heavy atom. The monoisotopic (exact) mass is 450 g/mol. The molecule has 1 aliphatic rings. The Morgan fingerprint density at radius 1 is 0.618 bits per heavy atom. The van der Waals surface area contributed by atoms with Gasteiger partial charge >= 0.3 is 6.18 Å². The number of alkyl halides is 3. The zero-order valence-corrected chi connectivity index (χ0v) is 18.3. The minimum absolute atomic E-state index is 0.0540. The van der Waals surface area contributed by atoms with Crippen LogP contribution in [0.3, 0.4) is 0 Å². The van der Waals surface area contributed by atoms with E-state index in [9.17, 15) is 13.2 Å². The van der Waals surface area contributed by atoms with Crippen molar-refractivity contribution >= 4 is 32.3 Å². The van der Waals surface area contributed by atoms with E-state index < -0.39 is 11.7 Å². The summed E-state index contributed by atoms with van der Waals surface area (Å²) in [5.41, 5.74) is 2.73. The fourth-order valence-electron chi connectivity index (χ4n) is 5.38. The van der Waals surface area contributed by atoms with Gasteiger partial charge in [0.25, 0.3) is 0 Å². The van der Waals surface area contributed by atoms with Crippen molar-refractivity contribution in [1.29, 1.82) is 0 Å². The maximum Gasteiger partial charge on any atom is 0.412 e. The fourth-order valence-corrected chi connectivity index (χ4v) is 5.38. The van der Waals surface area contributed by atoms with E-state index >= 15 is 0 Å². The number of allylic oxidation sites excluding steroid dienone is 4. The molecule has 0 spiro atoms. The predicted molar refractivity (Wildman–Crippen MR) is 135 cm³/mol. The minimum atomic E-state index is -4.32. The van der Waals surface area contributed by atoms with E-state index in [1.54, 1.807) is 6.08 Å². The summed E-state index contributed by atoms with van der Waals surface area (Å²) < 4.78 is 40.8. The van der Waals surface area contributed by atoms with Gasteiger partial charge in [0.15, 0.2) is 0 Å². The molecule has 0 radical (unpaired) electrons. The topological polar surface area (TPSA) is 0 Å². The molecule has 0 bridgehead atoms. The molecule has 5 aromatic rings. The maximum absolute atomic E-state index is 13.6. The third-order valence-corrected chi connectivity index (χ3v) is 6.85. The van der Waals surface area contributed by atoms with Crippen LogP contribution >= 0.6 is 0 Å². The van der Waals surface area contributed by atoms with Gasteiger partial charge in [0.05, 0.1) is 0 Å². The van der Waals surface area contributed by atoms with Crippen molar-refractivity contribution < 1.29 is 13.2 Å². The average Bonchev–Trinajstić information content (AvgIpc) is 2.86. The lowest BCUT2D eigenvalue weighted by Gasteiger charge is -2.25. The summed E-state index contributed by atoms with van der Waals surface area (Å²) in [6.07, 6.45) is 0.282. The molecular weight excluding hydrogens is 429 g/mol. The number of rotatable bonds is 2. The molecule has 0 aromatic heterocycles. The van der Waals surface area contributed by atoms with Gasteiger partial charge < -0.3 is 0 Å². The van der Waals surface area contributed by atoms with Crippen molar-refractivity contribution in [1.82, 2.24) is 0 Å². The number of benzene rings is 5. The summed E-state index contributed by atoms with van der Waals surface area (Å²) in [4.78, 5) is 0. The lowest BCUT2D eigenvalue weighted by Crippen LogP contribution is -2.16. The van der Waals surface area contributed by atoms with E-state index in [1.807, 2.05) is 54.6 Å². The Hall–Kier alpha value is -3.85. The number of hydrogen-bond donors (Lipinski definition) is 0. The highest BCUT2D eigenvalue weighted by atomic mass is 19.4. The van der Waals surface area contributed by atoms with Crippen molar-refractivity contribution in [2.45, 2.75) is 18.5 Å². The Bertz CT molecular complexity index is 1560. The van der Waals surface area contributed by atoms with Crippen molar-refractivity contribution in [3.8, 4) is 11.1 Å². The van der Waals surface area contributed by atoms with Crippen molar-refractivity contribution in [2.24, 2.45) is 0 Å². The highest BCUT2D eigenvalue weighted by molar-refractivity contribution is 6.18. The molecule has 1 aliphatic carbocycles. The molecule has 1 unspecified atom stereocenters. The first-order valence-electron chi connectivity index (χ1n) is 11.4. The van der Waals surface area contributed by atoms with Crippen LogP contribution in [0, 0.1) is 0 Å². The second kappa shape index (κ2) is 7.88. The van der Waals surface area contributed by atoms with Crippen molar-refractivity contribution in [3.05, 3.63) is 120 Å². The summed E-state index contributed by atoms with van der Waals surface area (Å²) in [6, 6.07) is 30.9. The summed E-state index contributed by atoms with van der Waals surface area (Å²) in [7, 11) is 0. The van der Waals surface area contributed by atoms with E-state index in [4.69, 9.17) is 0 Å². The molecule has 0 saturated carbocycles. The first-order valence-corrected chi connectivity index (χ1v) is 11.4. The first kappa shape index (κ1) is 20.7. The Kier molecular flexibility index (Phi) is 4.80. The van der Waals surface area contributed by atoms with Crippen LogP contribution in [0.15, 0.2) is 115 Å². The lowest BCUT2D eigenvalue weighted by molar-refractivity contribution is -0.0944. The summed E-state index contributed by atoms with van der Waals surface area (Å²) in [5, 5.41) is 6.44. The summed E-state index contributed by atoms with van der Waals surface area (Å²) >= 11 is 0. The molecule has 166 valence electrons. The van der Waals surface area contributed by atoms with Crippen LogP contribution in [-0.4, -0.2) is 6.18 Å². The molecule has 0 saturated heterocycles. The fraction of sp³-hybridized carbons (Fsp3) is 0.0968. The summed E-state index contributed by atoms with van der Waals surface area (Å²) in [5.74, 6) is -0.349. The van der Waals surface area contributed by atoms with Crippen LogP contribution in [0.1, 0.15) is 17.9 Å². The second-order valence-electron chi connectivity index (χ2n) is 8.79. The predicted octanol–water partition coefficient (Wildman–Crippen LogP) is 9.35. The zero-order valence-electron chi connectivity index (χ0n) is 18.3. The van der Waals surface area contributed by atoms with Gasteiger partial charge in [0.1, 0.15) is 0 Å². The van der Waals surface area contributed by atoms with Crippen LogP contribution in [-0.2, 0) is 0 Å². The highest BCUT2D eigenvalue weighted by Gasteiger charge is 2.36. The largest absolute Gasteiger partial charge is 0.412 e. The molecular formula is C31H21F3. The van der Waals surface area contributed by atoms with Crippen LogP contribution in [0.5, 0.6) is 0 Å². The maximum atomic E-state index is 13.6. The van der Waals surface area contributed by atoms with Crippen LogP contribution in [0.2, 0.25) is 0 Å². The standard InChI is InChI=1S/C31H21F3/c32-31(33,34)22-12-7-11-21(19-22)29-25-14-3-5-16-27(25)30(28-17-6-4-15-26(28)29)24-18-8-10-20-9-1-2-13-23(20)24/h1-18,21H,19H2. The Balaban J connectivity index is 1.69. The number of hydrogen-bond acceptors (Lipinski definition) is 0. The molecule has 1 atom stereocenters. The van der Waals surface area contributed by atoms with Gasteiger partial charge in [-0.1, -0.05) is 109 Å². The van der Waals surface area contributed by atoms with Gasteiger partial charge in [0, 0.05) is 11.5 Å². The van der Waals surface area contributed by atoms with Crippen LogP contribution in [0.4, 0.5) is 13.2 Å². The molecule has 6 rings (SSSR count). The van der Waals surface area contributed by atoms with Gasteiger partial charge in [-0.15, -0.1) is 0 Å². The van der Waals surface area contributed by atoms with E-state index in [-0.39, 0.29) is 12.3 Å². The van der Waals surface area contributed by atoms with Gasteiger partial charge in [0.2, 0.25) is 0 Å². The molecule has 0 nitrogen and oxygen atoms in total. The molecule has 0 amide bonds. The Morgan fingerprint density at radius 2 is 1.18 bits per heavy atom. The van der Waals surface area contributed by atoms with Gasteiger partial charge in [-0.3, -0.25) is 0 Å². The summed E-state index contributed by atoms with van der Waals surface area (Å²) in [6.45, 7) is 0. The number of halogens is 3. The zero-order chi connectivity index (χ0) is 23.3. The smallest absolute Gasteiger partial charge is 0.166 e. The lowest BCUT2D eigenvalue weighted by atomic mass is 9.79. The second-order valence-corrected chi connectivity index (χ2v) is 8.79. The van der Waals surface area contributed by atoms with Gasteiger partial charge in [-0.25, -0.2) is 0 Å².